The van der Waals surface area contributed by atoms with Crippen molar-refractivity contribution in [3.63, 3.8) is 0 Å². The molecule has 0 bridgehead atoms. The van der Waals surface area contributed by atoms with Crippen molar-refractivity contribution in [2.24, 2.45) is 0 Å². The van der Waals surface area contributed by atoms with Crippen molar-refractivity contribution in [2.75, 3.05) is 18.5 Å². The van der Waals surface area contributed by atoms with Crippen LogP contribution in [0.25, 0.3) is 0 Å². The predicted molar refractivity (Wildman–Crippen MR) is 83.3 cm³/mol. The third kappa shape index (κ3) is 4.92. The van der Waals surface area contributed by atoms with Crippen LogP contribution in [-0.2, 0) is 6.42 Å². The fourth-order valence-electron chi connectivity index (χ4n) is 2.05. The molecule has 0 unspecified atom stereocenters. The van der Waals surface area contributed by atoms with E-state index in [9.17, 15) is 0 Å². The van der Waals surface area contributed by atoms with Crippen LogP contribution in [0.15, 0.2) is 48.7 Å². The number of unbranched alkanes of at least 4 members (excludes halogenated alkanes) is 1. The molecule has 0 saturated heterocycles. The zero-order valence-electron chi connectivity index (χ0n) is 12.0. The molecule has 0 amide bonds. The van der Waals surface area contributed by atoms with E-state index in [4.69, 9.17) is 4.74 Å². The zero-order valence-corrected chi connectivity index (χ0v) is 12.0. The average molecular weight is 270 g/mol. The van der Waals surface area contributed by atoms with E-state index in [0.29, 0.717) is 12.5 Å². The maximum Gasteiger partial charge on any atom is 0.213 e. The SMILES string of the molecule is CCOc1ccc(NCCCCc2ccccc2)cn1. The number of pyridine rings is 1. The maximum atomic E-state index is 5.31. The van der Waals surface area contributed by atoms with E-state index in [0.717, 1.165) is 25.1 Å². The Hall–Kier alpha value is -2.03. The molecule has 1 N–H and O–H groups in total. The summed E-state index contributed by atoms with van der Waals surface area (Å²) in [5.74, 6) is 0.683. The summed E-state index contributed by atoms with van der Waals surface area (Å²) < 4.78 is 5.31. The first-order valence-corrected chi connectivity index (χ1v) is 7.25. The topological polar surface area (TPSA) is 34.1 Å². The molecule has 0 fully saturated rings. The van der Waals surface area contributed by atoms with Crippen LogP contribution < -0.4 is 10.1 Å². The second-order valence-electron chi connectivity index (χ2n) is 4.69. The molecule has 2 aromatic rings. The highest BCUT2D eigenvalue weighted by atomic mass is 16.5. The number of ether oxygens (including phenoxy) is 1. The molecule has 0 aliphatic rings. The summed E-state index contributed by atoms with van der Waals surface area (Å²) in [6.07, 6.45) is 5.32. The summed E-state index contributed by atoms with van der Waals surface area (Å²) in [4.78, 5) is 4.23. The quantitative estimate of drug-likeness (QED) is 0.738. The lowest BCUT2D eigenvalue weighted by Crippen LogP contribution is -2.03. The average Bonchev–Trinajstić information content (AvgIpc) is 2.50. The number of aromatic nitrogens is 1. The molecule has 106 valence electrons. The van der Waals surface area contributed by atoms with Crippen LogP contribution in [-0.4, -0.2) is 18.1 Å². The summed E-state index contributed by atoms with van der Waals surface area (Å²) in [6.45, 7) is 3.59. The molecule has 0 saturated carbocycles. The summed E-state index contributed by atoms with van der Waals surface area (Å²) in [6, 6.07) is 14.5. The monoisotopic (exact) mass is 270 g/mol. The number of benzene rings is 1. The standard InChI is InChI=1S/C17H22N2O/c1-2-20-17-12-11-16(14-19-17)18-13-7-6-10-15-8-4-3-5-9-15/h3-5,8-9,11-12,14,18H,2,6-7,10,13H2,1H3. The van der Waals surface area contributed by atoms with Gasteiger partial charge >= 0.3 is 0 Å². The number of hydrogen-bond donors (Lipinski definition) is 1. The van der Waals surface area contributed by atoms with E-state index in [1.165, 1.54) is 12.0 Å². The van der Waals surface area contributed by atoms with E-state index in [1.807, 2.05) is 25.3 Å². The normalized spacial score (nSPS) is 10.2. The third-order valence-corrected chi connectivity index (χ3v) is 3.09. The molecule has 1 aromatic heterocycles. The van der Waals surface area contributed by atoms with Gasteiger partial charge in [0.05, 0.1) is 18.5 Å². The Bertz CT molecular complexity index is 482. The van der Waals surface area contributed by atoms with E-state index >= 15 is 0 Å². The van der Waals surface area contributed by atoms with E-state index < -0.39 is 0 Å². The highest BCUT2D eigenvalue weighted by Gasteiger charge is 1.96. The van der Waals surface area contributed by atoms with Crippen molar-refractivity contribution in [3.05, 3.63) is 54.2 Å². The van der Waals surface area contributed by atoms with Crippen LogP contribution in [0.3, 0.4) is 0 Å². The minimum Gasteiger partial charge on any atom is -0.478 e. The number of nitrogens with zero attached hydrogens (tertiary/aromatic N) is 1. The van der Waals surface area contributed by atoms with Crippen molar-refractivity contribution in [1.29, 1.82) is 0 Å². The molecule has 1 aromatic carbocycles. The smallest absolute Gasteiger partial charge is 0.213 e. The molecule has 20 heavy (non-hydrogen) atoms. The Morgan fingerprint density at radius 2 is 1.90 bits per heavy atom. The van der Waals surface area contributed by atoms with Crippen molar-refractivity contribution in [2.45, 2.75) is 26.2 Å². The molecule has 0 spiro atoms. The third-order valence-electron chi connectivity index (χ3n) is 3.09. The van der Waals surface area contributed by atoms with Gasteiger partial charge in [-0.05, 0) is 37.8 Å². The lowest BCUT2D eigenvalue weighted by molar-refractivity contribution is 0.327. The number of hydrogen-bond acceptors (Lipinski definition) is 3. The van der Waals surface area contributed by atoms with Gasteiger partial charge in [0.2, 0.25) is 5.88 Å². The Labute approximate surface area is 121 Å². The van der Waals surface area contributed by atoms with Gasteiger partial charge in [0, 0.05) is 12.6 Å². The van der Waals surface area contributed by atoms with Crippen LogP contribution >= 0.6 is 0 Å². The molecule has 2 rings (SSSR count). The lowest BCUT2D eigenvalue weighted by Gasteiger charge is -2.07. The fraction of sp³-hybridized carbons (Fsp3) is 0.353. The van der Waals surface area contributed by atoms with E-state index in [-0.39, 0.29) is 0 Å². The van der Waals surface area contributed by atoms with Gasteiger partial charge in [-0.2, -0.15) is 0 Å². The summed E-state index contributed by atoms with van der Waals surface area (Å²) in [7, 11) is 0. The van der Waals surface area contributed by atoms with Gasteiger partial charge in [-0.25, -0.2) is 4.98 Å². The van der Waals surface area contributed by atoms with Gasteiger partial charge in [-0.1, -0.05) is 30.3 Å². The van der Waals surface area contributed by atoms with Crippen LogP contribution in [0.5, 0.6) is 5.88 Å². The van der Waals surface area contributed by atoms with Crippen LogP contribution in [0, 0.1) is 0 Å². The number of rotatable bonds is 8. The highest BCUT2D eigenvalue weighted by Crippen LogP contribution is 2.12. The molecule has 0 radical (unpaired) electrons. The molecular weight excluding hydrogens is 248 g/mol. The maximum absolute atomic E-state index is 5.31. The number of aryl methyl sites for hydroxylation is 1. The Morgan fingerprint density at radius 1 is 1.05 bits per heavy atom. The minimum atomic E-state index is 0.652. The minimum absolute atomic E-state index is 0.652. The van der Waals surface area contributed by atoms with Crippen molar-refractivity contribution >= 4 is 5.69 Å². The number of nitrogens with one attached hydrogen (secondary N) is 1. The summed E-state index contributed by atoms with van der Waals surface area (Å²) in [5.41, 5.74) is 2.46. The lowest BCUT2D eigenvalue weighted by atomic mass is 10.1. The first kappa shape index (κ1) is 14.4. The summed E-state index contributed by atoms with van der Waals surface area (Å²) >= 11 is 0. The van der Waals surface area contributed by atoms with Gasteiger partial charge in [-0.15, -0.1) is 0 Å². The molecule has 0 aliphatic heterocycles. The van der Waals surface area contributed by atoms with E-state index in [1.54, 1.807) is 0 Å². The molecule has 3 nitrogen and oxygen atoms in total. The fourth-order valence-corrected chi connectivity index (χ4v) is 2.05. The zero-order chi connectivity index (χ0) is 14.0. The van der Waals surface area contributed by atoms with Gasteiger partial charge in [0.25, 0.3) is 0 Å². The Balaban J connectivity index is 1.63. The predicted octanol–water partition coefficient (Wildman–Crippen LogP) is 3.92. The van der Waals surface area contributed by atoms with Crippen LogP contribution in [0.2, 0.25) is 0 Å². The van der Waals surface area contributed by atoms with Crippen molar-refractivity contribution in [1.82, 2.24) is 4.98 Å². The molecule has 0 aliphatic carbocycles. The second-order valence-corrected chi connectivity index (χ2v) is 4.69. The van der Waals surface area contributed by atoms with Crippen LogP contribution in [0.4, 0.5) is 5.69 Å². The van der Waals surface area contributed by atoms with Crippen molar-refractivity contribution < 1.29 is 4.74 Å². The molecular formula is C17H22N2O. The first-order chi connectivity index (χ1) is 9.88. The van der Waals surface area contributed by atoms with Gasteiger partial charge in [0.15, 0.2) is 0 Å². The largest absolute Gasteiger partial charge is 0.478 e. The van der Waals surface area contributed by atoms with Gasteiger partial charge < -0.3 is 10.1 Å². The molecule has 3 heteroatoms. The van der Waals surface area contributed by atoms with Crippen LogP contribution in [0.1, 0.15) is 25.3 Å². The Morgan fingerprint density at radius 3 is 2.60 bits per heavy atom. The Kier molecular flexibility index (Phi) is 5.90. The molecule has 0 atom stereocenters. The highest BCUT2D eigenvalue weighted by molar-refractivity contribution is 5.41. The van der Waals surface area contributed by atoms with Crippen molar-refractivity contribution in [3.8, 4) is 5.88 Å². The van der Waals surface area contributed by atoms with Gasteiger partial charge in [0.1, 0.15) is 0 Å². The van der Waals surface area contributed by atoms with Gasteiger partial charge in [-0.3, -0.25) is 0 Å². The second kappa shape index (κ2) is 8.20. The van der Waals surface area contributed by atoms with E-state index in [2.05, 4.69) is 40.6 Å². The summed E-state index contributed by atoms with van der Waals surface area (Å²) in [5, 5.41) is 3.38. The molecule has 1 heterocycles. The number of anilines is 1. The first-order valence-electron chi connectivity index (χ1n) is 7.25.